The number of imide groups is 1. The summed E-state index contributed by atoms with van der Waals surface area (Å²) in [6.45, 7) is 9.41. The van der Waals surface area contributed by atoms with Gasteiger partial charge < -0.3 is 10.4 Å². The van der Waals surface area contributed by atoms with E-state index in [-0.39, 0.29) is 35.3 Å². The van der Waals surface area contributed by atoms with Gasteiger partial charge in [0.15, 0.2) is 5.82 Å². The van der Waals surface area contributed by atoms with Gasteiger partial charge in [-0.2, -0.15) is 5.10 Å². The first-order valence-corrected chi connectivity index (χ1v) is 9.16. The van der Waals surface area contributed by atoms with E-state index in [9.17, 15) is 14.4 Å². The molecule has 1 aromatic heterocycles. The number of hydrogen-bond acceptors (Lipinski definition) is 4. The summed E-state index contributed by atoms with van der Waals surface area (Å²) in [4.78, 5) is 37.2. The van der Waals surface area contributed by atoms with Crippen molar-refractivity contribution in [3.05, 3.63) is 11.8 Å². The lowest BCUT2D eigenvalue weighted by Gasteiger charge is -2.25. The van der Waals surface area contributed by atoms with Crippen LogP contribution in [0.5, 0.6) is 0 Å². The van der Waals surface area contributed by atoms with Gasteiger partial charge in [0, 0.05) is 23.7 Å². The molecule has 0 unspecified atom stereocenters. The van der Waals surface area contributed by atoms with Crippen molar-refractivity contribution in [2.24, 2.45) is 0 Å². The summed E-state index contributed by atoms with van der Waals surface area (Å²) in [5.74, 6) is 0.179. The maximum atomic E-state index is 12.6. The smallest absolute Gasteiger partial charge is 0.410 e. The Morgan fingerprint density at radius 3 is 2.52 bits per heavy atom. The topological polar surface area (TPSA) is 117 Å². The molecule has 2 aliphatic rings. The van der Waals surface area contributed by atoms with Crippen molar-refractivity contribution in [3.63, 3.8) is 0 Å². The van der Waals surface area contributed by atoms with Gasteiger partial charge in [-0.3, -0.25) is 19.7 Å². The first-order chi connectivity index (χ1) is 12.4. The van der Waals surface area contributed by atoms with Crippen LogP contribution < -0.4 is 10.6 Å². The molecule has 1 saturated carbocycles. The van der Waals surface area contributed by atoms with Crippen LogP contribution in [0.2, 0.25) is 0 Å². The number of nitrogens with zero attached hydrogens (tertiary/aromatic N) is 3. The fourth-order valence-corrected chi connectivity index (χ4v) is 3.96. The highest BCUT2D eigenvalue weighted by Crippen LogP contribution is 2.40. The molecular formula is C18H27N5O4. The third kappa shape index (κ3) is 3.50. The molecule has 9 heteroatoms. The number of carboxylic acid groups (broad SMARTS) is 1. The molecule has 3 rings (SSSR count). The van der Waals surface area contributed by atoms with Gasteiger partial charge in [-0.05, 0) is 53.9 Å². The van der Waals surface area contributed by atoms with Gasteiger partial charge >= 0.3 is 12.1 Å². The lowest BCUT2D eigenvalue weighted by atomic mass is 10.0. The van der Waals surface area contributed by atoms with Crippen LogP contribution in [0.1, 0.15) is 65.5 Å². The van der Waals surface area contributed by atoms with Gasteiger partial charge in [-0.15, -0.1) is 0 Å². The minimum absolute atomic E-state index is 0.0929. The van der Waals surface area contributed by atoms with Crippen LogP contribution in [0.15, 0.2) is 6.07 Å². The number of nitrogens with one attached hydrogen (secondary N) is 2. The van der Waals surface area contributed by atoms with E-state index >= 15 is 0 Å². The maximum absolute atomic E-state index is 12.6. The molecule has 2 heterocycles. The summed E-state index contributed by atoms with van der Waals surface area (Å²) >= 11 is 0. The summed E-state index contributed by atoms with van der Waals surface area (Å²) in [5.41, 5.74) is -0.282. The van der Waals surface area contributed by atoms with E-state index in [2.05, 4.69) is 15.7 Å². The van der Waals surface area contributed by atoms with E-state index < -0.39 is 11.6 Å². The molecule has 0 bridgehead atoms. The van der Waals surface area contributed by atoms with Crippen LogP contribution in [0.4, 0.5) is 15.4 Å². The highest BCUT2D eigenvalue weighted by atomic mass is 16.4. The zero-order valence-corrected chi connectivity index (χ0v) is 16.4. The Hall–Kier alpha value is -2.58. The van der Waals surface area contributed by atoms with Gasteiger partial charge in [0.05, 0.1) is 5.54 Å². The Balaban J connectivity index is 1.85. The predicted octanol–water partition coefficient (Wildman–Crippen LogP) is 2.69. The Morgan fingerprint density at radius 2 is 2.00 bits per heavy atom. The van der Waals surface area contributed by atoms with Gasteiger partial charge in [-0.25, -0.2) is 9.59 Å². The number of urea groups is 1. The number of aromatic nitrogens is 2. The molecule has 0 spiro atoms. The molecule has 1 saturated heterocycles. The fourth-order valence-electron chi connectivity index (χ4n) is 3.96. The molecule has 1 aliphatic heterocycles. The molecule has 4 amide bonds. The second kappa shape index (κ2) is 6.24. The van der Waals surface area contributed by atoms with Crippen molar-refractivity contribution >= 4 is 23.8 Å². The highest BCUT2D eigenvalue weighted by molar-refractivity contribution is 6.06. The molecule has 1 aliphatic carbocycles. The van der Waals surface area contributed by atoms with Crippen LogP contribution >= 0.6 is 0 Å². The quantitative estimate of drug-likeness (QED) is 0.700. The molecule has 9 nitrogen and oxygen atoms in total. The SMILES string of the molecule is CC1(C)NC(=O)N([C@@H]2CC[C@H](c3cc(NC(=O)O)nn3C(C)(C)C)C2)C1=O. The van der Waals surface area contributed by atoms with E-state index in [1.54, 1.807) is 19.9 Å². The molecule has 0 aromatic carbocycles. The molecule has 148 valence electrons. The van der Waals surface area contributed by atoms with E-state index in [1.807, 2.05) is 25.5 Å². The second-order valence-electron chi connectivity index (χ2n) is 8.86. The number of amides is 4. The first-order valence-electron chi connectivity index (χ1n) is 9.16. The zero-order chi connectivity index (χ0) is 20.1. The number of rotatable bonds is 3. The Bertz CT molecular complexity index is 792. The van der Waals surface area contributed by atoms with Crippen molar-refractivity contribution < 1.29 is 19.5 Å². The van der Waals surface area contributed by atoms with Crippen LogP contribution in [-0.4, -0.2) is 49.4 Å². The van der Waals surface area contributed by atoms with E-state index in [0.717, 1.165) is 18.5 Å². The largest absolute Gasteiger partial charge is 0.465 e. The fraction of sp³-hybridized carbons (Fsp3) is 0.667. The van der Waals surface area contributed by atoms with E-state index in [4.69, 9.17) is 5.11 Å². The first kappa shape index (κ1) is 19.2. The van der Waals surface area contributed by atoms with E-state index in [1.165, 1.54) is 4.90 Å². The number of carbonyl (C=O) groups is 3. The summed E-state index contributed by atoms with van der Waals surface area (Å²) in [6, 6.07) is 1.25. The minimum Gasteiger partial charge on any atom is -0.465 e. The van der Waals surface area contributed by atoms with Crippen molar-refractivity contribution in [1.82, 2.24) is 20.0 Å². The van der Waals surface area contributed by atoms with Gasteiger partial charge in [0.2, 0.25) is 0 Å². The minimum atomic E-state index is -1.16. The molecule has 2 fully saturated rings. The van der Waals surface area contributed by atoms with Crippen LogP contribution in [0.3, 0.4) is 0 Å². The lowest BCUT2D eigenvalue weighted by Crippen LogP contribution is -2.42. The molecule has 3 N–H and O–H groups in total. The summed E-state index contributed by atoms with van der Waals surface area (Å²) in [5, 5.41) is 18.4. The van der Waals surface area contributed by atoms with Crippen LogP contribution in [-0.2, 0) is 10.3 Å². The third-order valence-corrected chi connectivity index (χ3v) is 5.19. The molecule has 1 aromatic rings. The van der Waals surface area contributed by atoms with Crippen LogP contribution in [0, 0.1) is 0 Å². The number of hydrogen-bond donors (Lipinski definition) is 3. The van der Waals surface area contributed by atoms with Crippen LogP contribution in [0.25, 0.3) is 0 Å². The monoisotopic (exact) mass is 377 g/mol. The maximum Gasteiger partial charge on any atom is 0.410 e. The third-order valence-electron chi connectivity index (χ3n) is 5.19. The molecular weight excluding hydrogens is 350 g/mol. The zero-order valence-electron chi connectivity index (χ0n) is 16.4. The number of carbonyl (C=O) groups excluding carboxylic acids is 2. The summed E-state index contributed by atoms with van der Waals surface area (Å²) in [7, 11) is 0. The standard InChI is InChI=1S/C18H27N5O4/c1-17(2,3)23-12(9-13(21-23)19-16(26)27)10-6-7-11(8-10)22-14(24)18(4,5)20-15(22)25/h9-11H,6-8H2,1-5H3,(H,19,21)(H,20,25)(H,26,27)/t10-,11+/m0/s1. The normalized spacial score (nSPS) is 25.0. The molecule has 0 radical (unpaired) electrons. The van der Waals surface area contributed by atoms with Crippen molar-refractivity contribution in [3.8, 4) is 0 Å². The Labute approximate surface area is 158 Å². The Kier molecular flexibility index (Phi) is 4.44. The van der Waals surface area contributed by atoms with Gasteiger partial charge in [0.25, 0.3) is 5.91 Å². The summed E-state index contributed by atoms with van der Waals surface area (Å²) in [6.07, 6.45) is 1.00. The van der Waals surface area contributed by atoms with E-state index in [0.29, 0.717) is 6.42 Å². The average Bonchev–Trinajstić information content (AvgIpc) is 3.16. The van der Waals surface area contributed by atoms with Gasteiger partial charge in [0.1, 0.15) is 5.54 Å². The predicted molar refractivity (Wildman–Crippen MR) is 98.7 cm³/mol. The second-order valence-corrected chi connectivity index (χ2v) is 8.86. The highest BCUT2D eigenvalue weighted by Gasteiger charge is 2.49. The number of anilines is 1. The molecule has 27 heavy (non-hydrogen) atoms. The van der Waals surface area contributed by atoms with Crippen molar-refractivity contribution in [1.29, 1.82) is 0 Å². The molecule has 2 atom stereocenters. The summed E-state index contributed by atoms with van der Waals surface area (Å²) < 4.78 is 1.83. The Morgan fingerprint density at radius 1 is 1.33 bits per heavy atom. The van der Waals surface area contributed by atoms with Crippen molar-refractivity contribution in [2.45, 2.75) is 76.9 Å². The lowest BCUT2D eigenvalue weighted by molar-refractivity contribution is -0.131. The average molecular weight is 377 g/mol. The van der Waals surface area contributed by atoms with Crippen molar-refractivity contribution in [2.75, 3.05) is 5.32 Å². The van der Waals surface area contributed by atoms with Gasteiger partial charge in [-0.1, -0.05) is 0 Å².